The number of rotatable bonds is 5. The summed E-state index contributed by atoms with van der Waals surface area (Å²) in [5, 5.41) is 7.09. The van der Waals surface area contributed by atoms with E-state index in [1.54, 1.807) is 6.07 Å². The van der Waals surface area contributed by atoms with Crippen molar-refractivity contribution in [2.75, 3.05) is 36.4 Å². The molecule has 0 amide bonds. The number of halogens is 3. The Bertz CT molecular complexity index is 1150. The molecule has 3 aromatic rings. The molecule has 32 heavy (non-hydrogen) atoms. The Kier molecular flexibility index (Phi) is 4.88. The molecule has 2 aliphatic heterocycles. The lowest BCUT2D eigenvalue weighted by Gasteiger charge is -2.62. The van der Waals surface area contributed by atoms with E-state index in [1.165, 1.54) is 11.0 Å². The number of nitrogens with one attached hydrogen (secondary N) is 1. The van der Waals surface area contributed by atoms with Gasteiger partial charge in [-0.05, 0) is 50.6 Å². The van der Waals surface area contributed by atoms with Gasteiger partial charge in [-0.15, -0.1) is 5.10 Å². The standard InChI is InChI=1S/C23H25F3N6.H2/c1-14(2)30-9-23(10-30)11-31(12-23)20-5-15(3)4-19(21(20)26)28-22-27-13-32(29-22)18-7-16(24)6-17(25)8-18;/h4-8,13-14H,9-12H2,1-3H3,(H,28,29);1H. The molecule has 1 spiro atoms. The molecule has 2 saturated heterocycles. The lowest BCUT2D eigenvalue weighted by Crippen LogP contribution is -2.73. The van der Waals surface area contributed by atoms with Gasteiger partial charge in [0, 0.05) is 45.1 Å². The second kappa shape index (κ2) is 7.51. The van der Waals surface area contributed by atoms with Crippen LogP contribution in [0.3, 0.4) is 0 Å². The molecule has 1 aromatic heterocycles. The first-order valence-corrected chi connectivity index (χ1v) is 10.7. The van der Waals surface area contributed by atoms with Crippen molar-refractivity contribution in [2.45, 2.75) is 26.8 Å². The van der Waals surface area contributed by atoms with Crippen LogP contribution in [0.5, 0.6) is 0 Å². The normalized spacial score (nSPS) is 17.5. The van der Waals surface area contributed by atoms with Crippen LogP contribution in [-0.4, -0.2) is 51.9 Å². The lowest BCUT2D eigenvalue weighted by molar-refractivity contribution is -0.0413. The van der Waals surface area contributed by atoms with Gasteiger partial charge in [0.05, 0.1) is 17.1 Å². The predicted molar refractivity (Wildman–Crippen MR) is 119 cm³/mol. The van der Waals surface area contributed by atoms with Crippen molar-refractivity contribution >= 4 is 17.3 Å². The third-order valence-corrected chi connectivity index (χ3v) is 6.25. The summed E-state index contributed by atoms with van der Waals surface area (Å²) in [5.41, 5.74) is 2.20. The van der Waals surface area contributed by atoms with Crippen molar-refractivity contribution in [3.63, 3.8) is 0 Å². The van der Waals surface area contributed by atoms with Gasteiger partial charge in [-0.2, -0.15) is 4.98 Å². The molecule has 5 rings (SSSR count). The van der Waals surface area contributed by atoms with E-state index in [0.29, 0.717) is 11.7 Å². The van der Waals surface area contributed by atoms with E-state index in [-0.39, 0.29) is 30.0 Å². The summed E-state index contributed by atoms with van der Waals surface area (Å²) in [6.07, 6.45) is 1.32. The second-order valence-electron chi connectivity index (χ2n) is 9.27. The van der Waals surface area contributed by atoms with Gasteiger partial charge in [-0.25, -0.2) is 17.9 Å². The van der Waals surface area contributed by atoms with Crippen LogP contribution in [-0.2, 0) is 0 Å². The molecule has 1 N–H and O–H groups in total. The molecule has 6 nitrogen and oxygen atoms in total. The molecule has 2 fully saturated rings. The predicted octanol–water partition coefficient (Wildman–Crippen LogP) is 4.51. The summed E-state index contributed by atoms with van der Waals surface area (Å²) < 4.78 is 43.6. The van der Waals surface area contributed by atoms with Crippen molar-refractivity contribution in [1.82, 2.24) is 19.7 Å². The Hall–Kier alpha value is -3.07. The quantitative estimate of drug-likeness (QED) is 0.628. The fourth-order valence-corrected chi connectivity index (χ4v) is 4.62. The van der Waals surface area contributed by atoms with Crippen LogP contribution in [0.4, 0.5) is 30.5 Å². The van der Waals surface area contributed by atoms with E-state index >= 15 is 4.39 Å². The summed E-state index contributed by atoms with van der Waals surface area (Å²) in [7, 11) is 0. The molecule has 0 aliphatic carbocycles. The van der Waals surface area contributed by atoms with E-state index in [1.807, 2.05) is 13.0 Å². The Morgan fingerprint density at radius 2 is 1.69 bits per heavy atom. The van der Waals surface area contributed by atoms with Crippen molar-refractivity contribution < 1.29 is 14.6 Å². The number of likely N-dealkylation sites (tertiary alicyclic amines) is 1. The highest BCUT2D eigenvalue weighted by atomic mass is 19.1. The van der Waals surface area contributed by atoms with E-state index in [2.05, 4.69) is 39.0 Å². The van der Waals surface area contributed by atoms with Gasteiger partial charge < -0.3 is 10.2 Å². The molecular formula is C23H27F3N6. The zero-order chi connectivity index (χ0) is 22.6. The maximum Gasteiger partial charge on any atom is 0.247 e. The van der Waals surface area contributed by atoms with Crippen molar-refractivity contribution in [2.24, 2.45) is 5.41 Å². The molecule has 0 atom stereocenters. The number of aryl methyl sites for hydroxylation is 1. The summed E-state index contributed by atoms with van der Waals surface area (Å²) in [6, 6.07) is 7.17. The summed E-state index contributed by atoms with van der Waals surface area (Å²) in [4.78, 5) is 8.62. The molecule has 0 unspecified atom stereocenters. The minimum Gasteiger partial charge on any atom is -0.368 e. The number of aromatic nitrogens is 3. The van der Waals surface area contributed by atoms with Crippen LogP contribution in [0, 0.1) is 29.8 Å². The summed E-state index contributed by atoms with van der Waals surface area (Å²) in [6.45, 7) is 10.1. The number of nitrogens with zero attached hydrogens (tertiary/aromatic N) is 5. The monoisotopic (exact) mass is 444 g/mol. The molecule has 170 valence electrons. The van der Waals surface area contributed by atoms with Gasteiger partial charge >= 0.3 is 0 Å². The fraction of sp³-hybridized carbons (Fsp3) is 0.391. The zero-order valence-corrected chi connectivity index (χ0v) is 18.2. The average molecular weight is 445 g/mol. The highest BCUT2D eigenvalue weighted by Gasteiger charge is 2.52. The smallest absolute Gasteiger partial charge is 0.247 e. The van der Waals surface area contributed by atoms with Crippen LogP contribution in [0.25, 0.3) is 5.69 Å². The average Bonchev–Trinajstić information content (AvgIpc) is 3.10. The van der Waals surface area contributed by atoms with Gasteiger partial charge in [0.2, 0.25) is 5.95 Å². The van der Waals surface area contributed by atoms with Gasteiger partial charge in [-0.3, -0.25) is 4.90 Å². The van der Waals surface area contributed by atoms with E-state index in [9.17, 15) is 8.78 Å². The first-order chi connectivity index (χ1) is 15.2. The SMILES string of the molecule is Cc1cc(Nc2ncn(-c3cc(F)cc(F)c3)n2)c(F)c(N2CC3(C2)CN(C(C)C)C3)c1.[HH]. The van der Waals surface area contributed by atoms with Crippen molar-refractivity contribution in [1.29, 1.82) is 0 Å². The minimum absolute atomic E-state index is 0. The Balaban J connectivity index is 0.00000259. The number of hydrogen-bond acceptors (Lipinski definition) is 5. The Morgan fingerprint density at radius 3 is 2.34 bits per heavy atom. The molecular weight excluding hydrogens is 417 g/mol. The molecule has 2 aliphatic rings. The molecule has 0 saturated carbocycles. The molecule has 0 radical (unpaired) electrons. The molecule has 0 bridgehead atoms. The number of anilines is 3. The highest BCUT2D eigenvalue weighted by Crippen LogP contribution is 2.44. The van der Waals surface area contributed by atoms with Crippen LogP contribution in [0.2, 0.25) is 0 Å². The molecule has 2 aromatic carbocycles. The van der Waals surface area contributed by atoms with Crippen LogP contribution in [0.1, 0.15) is 20.8 Å². The maximum absolute atomic E-state index is 15.3. The topological polar surface area (TPSA) is 49.2 Å². The van der Waals surface area contributed by atoms with Crippen LogP contribution >= 0.6 is 0 Å². The zero-order valence-electron chi connectivity index (χ0n) is 18.2. The highest BCUT2D eigenvalue weighted by molar-refractivity contribution is 5.66. The maximum atomic E-state index is 15.3. The fourth-order valence-electron chi connectivity index (χ4n) is 4.62. The van der Waals surface area contributed by atoms with Crippen molar-refractivity contribution in [3.8, 4) is 5.69 Å². The Labute approximate surface area is 186 Å². The molecule has 9 heteroatoms. The van der Waals surface area contributed by atoms with Crippen LogP contribution in [0.15, 0.2) is 36.7 Å². The molecule has 3 heterocycles. The van der Waals surface area contributed by atoms with Gasteiger partial charge in [-0.1, -0.05) is 0 Å². The minimum atomic E-state index is -0.713. The summed E-state index contributed by atoms with van der Waals surface area (Å²) >= 11 is 0. The number of hydrogen-bond donors (Lipinski definition) is 1. The van der Waals surface area contributed by atoms with Crippen LogP contribution < -0.4 is 10.2 Å². The number of benzene rings is 2. The van der Waals surface area contributed by atoms with Gasteiger partial charge in [0.1, 0.15) is 18.0 Å². The van der Waals surface area contributed by atoms with E-state index < -0.39 is 11.6 Å². The third-order valence-electron chi connectivity index (χ3n) is 6.25. The van der Waals surface area contributed by atoms with E-state index in [0.717, 1.165) is 49.9 Å². The largest absolute Gasteiger partial charge is 0.368 e. The first kappa shape index (κ1) is 20.8. The summed E-state index contributed by atoms with van der Waals surface area (Å²) in [5.74, 6) is -1.65. The van der Waals surface area contributed by atoms with E-state index in [4.69, 9.17) is 0 Å². The van der Waals surface area contributed by atoms with Crippen molar-refractivity contribution in [3.05, 3.63) is 59.7 Å². The van der Waals surface area contributed by atoms with Gasteiger partial charge in [0.25, 0.3) is 0 Å². The third kappa shape index (κ3) is 3.70. The lowest BCUT2D eigenvalue weighted by atomic mass is 9.72. The van der Waals surface area contributed by atoms with Gasteiger partial charge in [0.15, 0.2) is 5.82 Å². The first-order valence-electron chi connectivity index (χ1n) is 10.7. The Morgan fingerprint density at radius 1 is 1.00 bits per heavy atom. The second-order valence-corrected chi connectivity index (χ2v) is 9.27.